The van der Waals surface area contributed by atoms with Gasteiger partial charge < -0.3 is 15.1 Å². The summed E-state index contributed by atoms with van der Waals surface area (Å²) in [6.07, 6.45) is 4.38. The van der Waals surface area contributed by atoms with E-state index in [0.717, 1.165) is 56.1 Å². The summed E-state index contributed by atoms with van der Waals surface area (Å²) in [5, 5.41) is 3.06. The minimum atomic E-state index is 0.00436. The predicted octanol–water partition coefficient (Wildman–Crippen LogP) is 3.58. The Morgan fingerprint density at radius 3 is 2.43 bits per heavy atom. The molecule has 0 spiro atoms. The van der Waals surface area contributed by atoms with Gasteiger partial charge in [0.15, 0.2) is 0 Å². The Hall–Kier alpha value is -2.89. The van der Waals surface area contributed by atoms with Crippen molar-refractivity contribution in [2.75, 3.05) is 36.4 Å². The number of carbonyl (C=O) groups is 2. The molecule has 2 amide bonds. The van der Waals surface area contributed by atoms with Crippen LogP contribution in [0, 0.1) is 12.8 Å². The van der Waals surface area contributed by atoms with Gasteiger partial charge in [0.1, 0.15) is 0 Å². The molecule has 2 saturated heterocycles. The zero-order valence-electron chi connectivity index (χ0n) is 17.8. The molecule has 158 valence electrons. The summed E-state index contributed by atoms with van der Waals surface area (Å²) in [5.41, 5.74) is 4.24. The fourth-order valence-corrected chi connectivity index (χ4v) is 4.42. The summed E-state index contributed by atoms with van der Waals surface area (Å²) in [6, 6.07) is 12.2. The van der Waals surface area contributed by atoms with Crippen molar-refractivity contribution in [1.29, 1.82) is 0 Å². The van der Waals surface area contributed by atoms with Crippen LogP contribution in [0.1, 0.15) is 43.4 Å². The van der Waals surface area contributed by atoms with E-state index in [0.29, 0.717) is 12.3 Å². The number of carbonyl (C=O) groups excluding carboxylic acids is 2. The first-order valence-electron chi connectivity index (χ1n) is 10.9. The summed E-state index contributed by atoms with van der Waals surface area (Å²) in [6.45, 7) is 7.05. The molecule has 2 aliphatic rings. The number of pyridine rings is 1. The Labute approximate surface area is 178 Å². The Morgan fingerprint density at radius 1 is 1.10 bits per heavy atom. The molecule has 4 rings (SSSR count). The van der Waals surface area contributed by atoms with Gasteiger partial charge in [0.2, 0.25) is 11.8 Å². The average Bonchev–Trinajstić information content (AvgIpc) is 2.74. The second-order valence-electron chi connectivity index (χ2n) is 8.33. The summed E-state index contributed by atoms with van der Waals surface area (Å²) in [4.78, 5) is 32.9. The molecule has 0 saturated carbocycles. The third-order valence-corrected chi connectivity index (χ3v) is 6.37. The second-order valence-corrected chi connectivity index (χ2v) is 8.33. The first-order valence-corrected chi connectivity index (χ1v) is 10.9. The highest BCUT2D eigenvalue weighted by Crippen LogP contribution is 2.30. The van der Waals surface area contributed by atoms with Gasteiger partial charge in [-0.05, 0) is 55.5 Å². The summed E-state index contributed by atoms with van der Waals surface area (Å²) in [7, 11) is 0. The van der Waals surface area contributed by atoms with E-state index in [1.54, 1.807) is 6.20 Å². The SMILES string of the molecule is CCC(=O)N1CCC(c2ccc(NC(=O)C3CN(c4cccnc4C)C3)cc2)CC1. The minimum absolute atomic E-state index is 0.00436. The van der Waals surface area contributed by atoms with Crippen molar-refractivity contribution < 1.29 is 9.59 Å². The van der Waals surface area contributed by atoms with Crippen LogP contribution in [0.3, 0.4) is 0 Å². The van der Waals surface area contributed by atoms with Crippen molar-refractivity contribution in [2.45, 2.75) is 39.0 Å². The van der Waals surface area contributed by atoms with Gasteiger partial charge >= 0.3 is 0 Å². The van der Waals surface area contributed by atoms with Gasteiger partial charge in [0.05, 0.1) is 17.3 Å². The normalized spacial score (nSPS) is 17.5. The molecule has 0 radical (unpaired) electrons. The van der Waals surface area contributed by atoms with Crippen molar-refractivity contribution in [2.24, 2.45) is 5.92 Å². The number of aromatic nitrogens is 1. The predicted molar refractivity (Wildman–Crippen MR) is 119 cm³/mol. The van der Waals surface area contributed by atoms with Gasteiger partial charge in [-0.1, -0.05) is 19.1 Å². The van der Waals surface area contributed by atoms with Crippen LogP contribution in [-0.2, 0) is 9.59 Å². The maximum absolute atomic E-state index is 12.6. The molecule has 2 aromatic rings. The van der Waals surface area contributed by atoms with Crippen LogP contribution in [0.5, 0.6) is 0 Å². The largest absolute Gasteiger partial charge is 0.368 e. The highest BCUT2D eigenvalue weighted by Gasteiger charge is 2.33. The van der Waals surface area contributed by atoms with Crippen LogP contribution >= 0.6 is 0 Å². The van der Waals surface area contributed by atoms with Crippen molar-refractivity contribution in [1.82, 2.24) is 9.88 Å². The second kappa shape index (κ2) is 8.86. The van der Waals surface area contributed by atoms with Crippen LogP contribution in [0.4, 0.5) is 11.4 Å². The number of hydrogen-bond donors (Lipinski definition) is 1. The molecule has 1 N–H and O–H groups in total. The fraction of sp³-hybridized carbons (Fsp3) is 0.458. The zero-order chi connectivity index (χ0) is 21.1. The van der Waals surface area contributed by atoms with Crippen molar-refractivity contribution in [3.8, 4) is 0 Å². The van der Waals surface area contributed by atoms with E-state index in [1.807, 2.05) is 36.9 Å². The molecule has 6 heteroatoms. The molecule has 6 nitrogen and oxygen atoms in total. The summed E-state index contributed by atoms with van der Waals surface area (Å²) in [5.74, 6) is 0.815. The zero-order valence-corrected chi connectivity index (χ0v) is 17.8. The van der Waals surface area contributed by atoms with E-state index >= 15 is 0 Å². The van der Waals surface area contributed by atoms with Crippen LogP contribution in [-0.4, -0.2) is 47.9 Å². The van der Waals surface area contributed by atoms with E-state index in [4.69, 9.17) is 0 Å². The average molecular weight is 407 g/mol. The first kappa shape index (κ1) is 20.4. The lowest BCUT2D eigenvalue weighted by Gasteiger charge is -2.40. The van der Waals surface area contributed by atoms with Gasteiger partial charge in [0, 0.05) is 44.5 Å². The minimum Gasteiger partial charge on any atom is -0.368 e. The Balaban J connectivity index is 1.27. The molecule has 0 bridgehead atoms. The summed E-state index contributed by atoms with van der Waals surface area (Å²) >= 11 is 0. The van der Waals surface area contributed by atoms with Crippen molar-refractivity contribution >= 4 is 23.2 Å². The number of rotatable bonds is 5. The Bertz CT molecular complexity index is 898. The monoisotopic (exact) mass is 406 g/mol. The number of likely N-dealkylation sites (tertiary alicyclic amines) is 1. The van der Waals surface area contributed by atoms with Gasteiger partial charge in [-0.3, -0.25) is 14.6 Å². The van der Waals surface area contributed by atoms with Gasteiger partial charge in [-0.15, -0.1) is 0 Å². The first-order chi connectivity index (χ1) is 14.5. The van der Waals surface area contributed by atoms with Crippen LogP contribution in [0.15, 0.2) is 42.6 Å². The Kier molecular flexibility index (Phi) is 6.02. The molecule has 0 aliphatic carbocycles. The maximum atomic E-state index is 12.6. The topological polar surface area (TPSA) is 65.5 Å². The number of hydrogen-bond acceptors (Lipinski definition) is 4. The molecule has 2 aliphatic heterocycles. The van der Waals surface area contributed by atoms with Crippen molar-refractivity contribution in [3.63, 3.8) is 0 Å². The third kappa shape index (κ3) is 4.32. The molecule has 2 fully saturated rings. The number of amides is 2. The quantitative estimate of drug-likeness (QED) is 0.824. The maximum Gasteiger partial charge on any atom is 0.231 e. The molecule has 3 heterocycles. The van der Waals surface area contributed by atoms with Gasteiger partial charge in [-0.2, -0.15) is 0 Å². The molecule has 0 atom stereocenters. The lowest BCUT2D eigenvalue weighted by molar-refractivity contribution is -0.131. The molecule has 1 aromatic carbocycles. The number of aryl methyl sites for hydroxylation is 1. The Morgan fingerprint density at radius 2 is 1.80 bits per heavy atom. The van der Waals surface area contributed by atoms with Crippen LogP contribution in [0.25, 0.3) is 0 Å². The summed E-state index contributed by atoms with van der Waals surface area (Å²) < 4.78 is 0. The number of benzene rings is 1. The van der Waals surface area contributed by atoms with Gasteiger partial charge in [0.25, 0.3) is 0 Å². The number of piperidine rings is 1. The molecule has 0 unspecified atom stereocenters. The fourth-order valence-electron chi connectivity index (χ4n) is 4.42. The van der Waals surface area contributed by atoms with Crippen molar-refractivity contribution in [3.05, 3.63) is 53.9 Å². The van der Waals surface area contributed by atoms with E-state index < -0.39 is 0 Å². The highest BCUT2D eigenvalue weighted by molar-refractivity contribution is 5.94. The lowest BCUT2D eigenvalue weighted by Crippen LogP contribution is -2.52. The van der Waals surface area contributed by atoms with Gasteiger partial charge in [-0.25, -0.2) is 0 Å². The molecule has 1 aromatic heterocycles. The molecular weight excluding hydrogens is 376 g/mol. The number of nitrogens with zero attached hydrogens (tertiary/aromatic N) is 3. The van der Waals surface area contributed by atoms with E-state index in [2.05, 4.69) is 33.4 Å². The van der Waals surface area contributed by atoms with Crippen LogP contribution < -0.4 is 10.2 Å². The smallest absolute Gasteiger partial charge is 0.231 e. The molecular formula is C24H30N4O2. The van der Waals surface area contributed by atoms with E-state index in [-0.39, 0.29) is 17.7 Å². The van der Waals surface area contributed by atoms with Crippen LogP contribution in [0.2, 0.25) is 0 Å². The number of anilines is 2. The van der Waals surface area contributed by atoms with E-state index in [1.165, 1.54) is 5.56 Å². The standard InChI is InChI=1S/C24H30N4O2/c1-3-23(29)27-13-10-19(11-14-27)18-6-8-21(9-7-18)26-24(30)20-15-28(16-20)22-5-4-12-25-17(22)2/h4-9,12,19-20H,3,10-11,13-16H2,1-2H3,(H,26,30). The number of nitrogens with one attached hydrogen (secondary N) is 1. The van der Waals surface area contributed by atoms with E-state index in [9.17, 15) is 9.59 Å². The highest BCUT2D eigenvalue weighted by atomic mass is 16.2. The molecule has 30 heavy (non-hydrogen) atoms. The third-order valence-electron chi connectivity index (χ3n) is 6.37. The lowest BCUT2D eigenvalue weighted by atomic mass is 9.89.